The number of aliphatic carboxylic acids is 1. The van der Waals surface area contributed by atoms with Crippen LogP contribution in [0.15, 0.2) is 24.3 Å². The largest absolute Gasteiger partial charge is 0.484 e. The second-order valence-electron chi connectivity index (χ2n) is 7.22. The summed E-state index contributed by atoms with van der Waals surface area (Å²) in [6, 6.07) is 7.27. The van der Waals surface area contributed by atoms with Gasteiger partial charge in [-0.15, -0.1) is 0 Å². The SMILES string of the molecule is O=C(O)CCC1CCCN(C(=O)COc2cccc(N3CCCC3=O)c2)C1. The van der Waals surface area contributed by atoms with Crippen LogP contribution in [-0.4, -0.2) is 54.0 Å². The summed E-state index contributed by atoms with van der Waals surface area (Å²) in [7, 11) is 0. The number of benzene rings is 1. The molecule has 0 spiro atoms. The van der Waals surface area contributed by atoms with E-state index in [4.69, 9.17) is 9.84 Å². The van der Waals surface area contributed by atoms with Crippen LogP contribution in [0.3, 0.4) is 0 Å². The van der Waals surface area contributed by atoms with Crippen molar-refractivity contribution in [1.82, 2.24) is 4.90 Å². The van der Waals surface area contributed by atoms with Crippen molar-refractivity contribution in [2.45, 2.75) is 38.5 Å². The van der Waals surface area contributed by atoms with Crippen LogP contribution in [0.2, 0.25) is 0 Å². The normalized spacial score (nSPS) is 20.0. The van der Waals surface area contributed by atoms with E-state index in [-0.39, 0.29) is 30.8 Å². The van der Waals surface area contributed by atoms with Gasteiger partial charge in [0.15, 0.2) is 6.61 Å². The van der Waals surface area contributed by atoms with Crippen LogP contribution in [0.1, 0.15) is 38.5 Å². The molecule has 27 heavy (non-hydrogen) atoms. The van der Waals surface area contributed by atoms with Crippen LogP contribution in [0.4, 0.5) is 5.69 Å². The molecule has 2 fully saturated rings. The molecule has 0 aliphatic carbocycles. The Kier molecular flexibility index (Phi) is 6.32. The molecule has 7 heteroatoms. The number of hydrogen-bond donors (Lipinski definition) is 1. The molecule has 0 saturated carbocycles. The van der Waals surface area contributed by atoms with Gasteiger partial charge < -0.3 is 19.6 Å². The molecule has 146 valence electrons. The van der Waals surface area contributed by atoms with Gasteiger partial charge in [0, 0.05) is 44.2 Å². The Balaban J connectivity index is 1.51. The van der Waals surface area contributed by atoms with E-state index in [9.17, 15) is 14.4 Å². The fourth-order valence-corrected chi connectivity index (χ4v) is 3.75. The number of ether oxygens (including phenoxy) is 1. The number of likely N-dealkylation sites (tertiary alicyclic amines) is 1. The number of hydrogen-bond acceptors (Lipinski definition) is 4. The highest BCUT2D eigenvalue weighted by Gasteiger charge is 2.25. The molecule has 3 rings (SSSR count). The fraction of sp³-hybridized carbons (Fsp3) is 0.550. The van der Waals surface area contributed by atoms with Gasteiger partial charge in [-0.05, 0) is 43.7 Å². The molecule has 2 saturated heterocycles. The lowest BCUT2D eigenvalue weighted by atomic mass is 9.93. The predicted molar refractivity (Wildman–Crippen MR) is 99.7 cm³/mol. The van der Waals surface area contributed by atoms with Crippen molar-refractivity contribution < 1.29 is 24.2 Å². The molecule has 1 unspecified atom stereocenters. The highest BCUT2D eigenvalue weighted by Crippen LogP contribution is 2.26. The van der Waals surface area contributed by atoms with Crippen LogP contribution < -0.4 is 9.64 Å². The minimum atomic E-state index is -0.793. The Labute approximate surface area is 158 Å². The Morgan fingerprint density at radius 1 is 1.22 bits per heavy atom. The number of rotatable bonds is 7. The summed E-state index contributed by atoms with van der Waals surface area (Å²) in [6.45, 7) is 1.95. The van der Waals surface area contributed by atoms with E-state index >= 15 is 0 Å². The first-order chi connectivity index (χ1) is 13.0. The highest BCUT2D eigenvalue weighted by atomic mass is 16.5. The first kappa shape index (κ1) is 19.2. The summed E-state index contributed by atoms with van der Waals surface area (Å²) < 4.78 is 5.67. The molecule has 1 N–H and O–H groups in total. The van der Waals surface area contributed by atoms with Crippen LogP contribution in [0.5, 0.6) is 5.75 Å². The number of carboxylic acid groups (broad SMARTS) is 1. The minimum Gasteiger partial charge on any atom is -0.484 e. The van der Waals surface area contributed by atoms with E-state index in [1.54, 1.807) is 21.9 Å². The van der Waals surface area contributed by atoms with Crippen molar-refractivity contribution in [3.8, 4) is 5.75 Å². The van der Waals surface area contributed by atoms with E-state index in [1.807, 2.05) is 12.1 Å². The van der Waals surface area contributed by atoms with Gasteiger partial charge in [0.05, 0.1) is 0 Å². The molecule has 1 atom stereocenters. The number of nitrogens with zero attached hydrogens (tertiary/aromatic N) is 2. The van der Waals surface area contributed by atoms with Crippen molar-refractivity contribution in [2.24, 2.45) is 5.92 Å². The lowest BCUT2D eigenvalue weighted by molar-refractivity contribution is -0.137. The lowest BCUT2D eigenvalue weighted by Gasteiger charge is -2.32. The average Bonchev–Trinajstić information content (AvgIpc) is 3.11. The quantitative estimate of drug-likeness (QED) is 0.791. The second kappa shape index (κ2) is 8.88. The van der Waals surface area contributed by atoms with Gasteiger partial charge in [-0.2, -0.15) is 0 Å². The summed E-state index contributed by atoms with van der Waals surface area (Å²) >= 11 is 0. The molecule has 2 amide bonds. The lowest BCUT2D eigenvalue weighted by Crippen LogP contribution is -2.42. The number of piperidine rings is 1. The van der Waals surface area contributed by atoms with E-state index in [2.05, 4.69) is 0 Å². The Bertz CT molecular complexity index is 705. The van der Waals surface area contributed by atoms with Crippen LogP contribution in [0.25, 0.3) is 0 Å². The van der Waals surface area contributed by atoms with Crippen molar-refractivity contribution >= 4 is 23.5 Å². The van der Waals surface area contributed by atoms with E-state index < -0.39 is 5.97 Å². The summed E-state index contributed by atoms with van der Waals surface area (Å²) in [5, 5.41) is 8.82. The smallest absolute Gasteiger partial charge is 0.303 e. The molecule has 0 bridgehead atoms. The van der Waals surface area contributed by atoms with Gasteiger partial charge in [0.1, 0.15) is 5.75 Å². The summed E-state index contributed by atoms with van der Waals surface area (Å²) in [4.78, 5) is 38.6. The van der Waals surface area contributed by atoms with Gasteiger partial charge >= 0.3 is 5.97 Å². The molecule has 1 aromatic rings. The molecule has 0 radical (unpaired) electrons. The Morgan fingerprint density at radius 3 is 2.81 bits per heavy atom. The maximum absolute atomic E-state index is 12.5. The molecule has 0 aromatic heterocycles. The third-order valence-electron chi connectivity index (χ3n) is 5.20. The van der Waals surface area contributed by atoms with Crippen molar-refractivity contribution in [3.05, 3.63) is 24.3 Å². The molecule has 2 aliphatic rings. The number of carboxylic acids is 1. The van der Waals surface area contributed by atoms with E-state index in [0.717, 1.165) is 24.9 Å². The highest BCUT2D eigenvalue weighted by molar-refractivity contribution is 5.95. The molecular weight excluding hydrogens is 348 g/mol. The number of anilines is 1. The maximum atomic E-state index is 12.5. The monoisotopic (exact) mass is 374 g/mol. The number of amides is 2. The van der Waals surface area contributed by atoms with E-state index in [1.165, 1.54) is 0 Å². The average molecular weight is 374 g/mol. The summed E-state index contributed by atoms with van der Waals surface area (Å²) in [5.74, 6) is 0.0445. The third-order valence-corrected chi connectivity index (χ3v) is 5.20. The molecule has 2 aliphatic heterocycles. The van der Waals surface area contributed by atoms with Gasteiger partial charge in [0.25, 0.3) is 5.91 Å². The van der Waals surface area contributed by atoms with Crippen molar-refractivity contribution in [1.29, 1.82) is 0 Å². The Hall–Kier alpha value is -2.57. The standard InChI is InChI=1S/C20H26N2O5/c23-18-7-3-11-22(18)16-5-1-6-17(12-16)27-14-19(24)21-10-2-4-15(13-21)8-9-20(25)26/h1,5-6,12,15H,2-4,7-11,13-14H2,(H,25,26). The first-order valence-corrected chi connectivity index (χ1v) is 9.56. The fourth-order valence-electron chi connectivity index (χ4n) is 3.75. The summed E-state index contributed by atoms with van der Waals surface area (Å²) in [6.07, 6.45) is 4.03. The molecule has 1 aromatic carbocycles. The number of carbonyl (C=O) groups is 3. The molecule has 2 heterocycles. The van der Waals surface area contributed by atoms with Crippen molar-refractivity contribution in [2.75, 3.05) is 31.1 Å². The second-order valence-corrected chi connectivity index (χ2v) is 7.22. The third kappa shape index (κ3) is 5.21. The van der Waals surface area contributed by atoms with Gasteiger partial charge in [-0.3, -0.25) is 14.4 Å². The zero-order valence-electron chi connectivity index (χ0n) is 15.4. The van der Waals surface area contributed by atoms with E-state index in [0.29, 0.717) is 38.2 Å². The Morgan fingerprint density at radius 2 is 2.07 bits per heavy atom. The van der Waals surface area contributed by atoms with Crippen LogP contribution >= 0.6 is 0 Å². The topological polar surface area (TPSA) is 87.2 Å². The van der Waals surface area contributed by atoms with Gasteiger partial charge in [0.2, 0.25) is 5.91 Å². The first-order valence-electron chi connectivity index (χ1n) is 9.56. The maximum Gasteiger partial charge on any atom is 0.303 e. The van der Waals surface area contributed by atoms with Crippen molar-refractivity contribution in [3.63, 3.8) is 0 Å². The van der Waals surface area contributed by atoms with Gasteiger partial charge in [-0.25, -0.2) is 0 Å². The molecular formula is C20H26N2O5. The minimum absolute atomic E-state index is 0.0525. The zero-order chi connectivity index (χ0) is 19.2. The van der Waals surface area contributed by atoms with Gasteiger partial charge in [-0.1, -0.05) is 6.07 Å². The van der Waals surface area contributed by atoms with Crippen LogP contribution in [-0.2, 0) is 14.4 Å². The predicted octanol–water partition coefficient (Wildman–Crippen LogP) is 2.30. The van der Waals surface area contributed by atoms with Crippen LogP contribution in [0, 0.1) is 5.92 Å². The molecule has 7 nitrogen and oxygen atoms in total. The number of carbonyl (C=O) groups excluding carboxylic acids is 2. The summed E-state index contributed by atoms with van der Waals surface area (Å²) in [5.41, 5.74) is 0.800. The zero-order valence-corrected chi connectivity index (χ0v) is 15.4.